The number of hydrogen-bond donors (Lipinski definition) is 2. The molecule has 2 N–H and O–H groups in total. The molecular weight excluding hydrogens is 432 g/mol. The van der Waals surface area contributed by atoms with E-state index in [-0.39, 0.29) is 17.4 Å². The molecule has 2 aliphatic carbocycles. The van der Waals surface area contributed by atoms with Crippen molar-refractivity contribution in [3.05, 3.63) is 35.4 Å². The molecule has 0 aromatic heterocycles. The van der Waals surface area contributed by atoms with Crippen LogP contribution in [0.4, 0.5) is 4.79 Å². The van der Waals surface area contributed by atoms with E-state index in [0.29, 0.717) is 17.7 Å². The topological polar surface area (TPSA) is 83.1 Å². The molecule has 3 heterocycles. The maximum absolute atomic E-state index is 12.8. The van der Waals surface area contributed by atoms with E-state index in [1.807, 2.05) is 11.1 Å². The van der Waals surface area contributed by atoms with Crippen molar-refractivity contribution in [3.63, 3.8) is 0 Å². The van der Waals surface area contributed by atoms with Gasteiger partial charge in [0.2, 0.25) is 0 Å². The van der Waals surface area contributed by atoms with Crippen molar-refractivity contribution in [2.24, 2.45) is 5.92 Å². The Labute approximate surface area is 200 Å². The highest BCUT2D eigenvalue weighted by molar-refractivity contribution is 5.85. The average molecular weight is 467 g/mol. The Morgan fingerprint density at radius 1 is 1.21 bits per heavy atom. The highest BCUT2D eigenvalue weighted by Crippen LogP contribution is 2.62. The summed E-state index contributed by atoms with van der Waals surface area (Å²) in [6, 6.07) is 3.72. The van der Waals surface area contributed by atoms with Gasteiger partial charge in [0.1, 0.15) is 12.1 Å². The Bertz CT molecular complexity index is 1040. The van der Waals surface area contributed by atoms with Crippen molar-refractivity contribution in [2.45, 2.75) is 69.1 Å². The fourth-order valence-corrected chi connectivity index (χ4v) is 6.91. The Hall–Kier alpha value is -2.58. The van der Waals surface area contributed by atoms with Crippen molar-refractivity contribution >= 4 is 12.0 Å². The maximum Gasteiger partial charge on any atom is 0.413 e. The highest BCUT2D eigenvalue weighted by atomic mass is 16.6. The van der Waals surface area contributed by atoms with Gasteiger partial charge in [-0.2, -0.15) is 0 Å². The number of hydrazine groups is 1. The minimum Gasteiger partial charge on any atom is -0.485 e. The standard InChI is InChI=1S/C26H34N4O4/c1-16(24(31)28-30-12-4-3-5-13-30)27-25(32)33-20-10-9-17-15-19-18-7-6-8-21-26(18,11-14-29(19)2)22(17)23(20)34-21/h6-7,9-10,16,18-19,21H,3-5,8,11-15H2,1-2H3,(H,27,32)(H,28,31)/t16-,18?,19?,21-,26+/m0/s1. The van der Waals surface area contributed by atoms with Gasteiger partial charge < -0.3 is 19.7 Å². The van der Waals surface area contributed by atoms with E-state index in [2.05, 4.69) is 40.9 Å². The number of carbonyl (C=O) groups is 2. The smallest absolute Gasteiger partial charge is 0.413 e. The van der Waals surface area contributed by atoms with Gasteiger partial charge in [0.05, 0.1) is 0 Å². The lowest BCUT2D eigenvalue weighted by Gasteiger charge is -2.55. The van der Waals surface area contributed by atoms with E-state index < -0.39 is 12.1 Å². The second-order valence-corrected chi connectivity index (χ2v) is 10.5. The fraction of sp³-hybridized carbons (Fsp3) is 0.615. The van der Waals surface area contributed by atoms with E-state index in [0.717, 1.165) is 57.5 Å². The predicted octanol–water partition coefficient (Wildman–Crippen LogP) is 2.52. The number of amides is 2. The van der Waals surface area contributed by atoms with Crippen LogP contribution in [-0.2, 0) is 16.6 Å². The summed E-state index contributed by atoms with van der Waals surface area (Å²) in [7, 11) is 2.22. The summed E-state index contributed by atoms with van der Waals surface area (Å²) >= 11 is 0. The predicted molar refractivity (Wildman–Crippen MR) is 127 cm³/mol. The van der Waals surface area contributed by atoms with Crippen LogP contribution in [0.3, 0.4) is 0 Å². The molecular formula is C26H34N4O4. The second-order valence-electron chi connectivity index (χ2n) is 10.5. The second kappa shape index (κ2) is 8.27. The number of hydrogen-bond acceptors (Lipinski definition) is 6. The molecule has 5 aliphatic rings. The van der Waals surface area contributed by atoms with E-state index in [1.54, 1.807) is 6.92 Å². The van der Waals surface area contributed by atoms with Crippen LogP contribution in [0.5, 0.6) is 11.5 Å². The van der Waals surface area contributed by atoms with Crippen LogP contribution in [0.1, 0.15) is 50.2 Å². The van der Waals surface area contributed by atoms with Gasteiger partial charge in [0.15, 0.2) is 11.5 Å². The number of likely N-dealkylation sites (N-methyl/N-ethyl adjacent to an activating group) is 1. The average Bonchev–Trinajstić information content (AvgIpc) is 3.17. The number of carbonyl (C=O) groups excluding carboxylic acids is 2. The molecule has 5 atom stereocenters. The number of likely N-dealkylation sites (tertiary alicyclic amines) is 1. The molecule has 1 spiro atoms. The van der Waals surface area contributed by atoms with Gasteiger partial charge in [0.25, 0.3) is 5.91 Å². The van der Waals surface area contributed by atoms with Crippen LogP contribution in [-0.4, -0.2) is 66.8 Å². The fourth-order valence-electron chi connectivity index (χ4n) is 6.91. The molecule has 2 saturated heterocycles. The van der Waals surface area contributed by atoms with Gasteiger partial charge in [-0.15, -0.1) is 0 Å². The van der Waals surface area contributed by atoms with E-state index >= 15 is 0 Å². The first kappa shape index (κ1) is 21.9. The third-order valence-corrected chi connectivity index (χ3v) is 8.64. The summed E-state index contributed by atoms with van der Waals surface area (Å²) in [5.41, 5.74) is 5.42. The Kier molecular flexibility index (Phi) is 5.33. The first-order valence-corrected chi connectivity index (χ1v) is 12.7. The number of piperidine rings is 2. The van der Waals surface area contributed by atoms with Crippen LogP contribution in [0.15, 0.2) is 24.3 Å². The molecule has 8 heteroatoms. The van der Waals surface area contributed by atoms with Crippen LogP contribution < -0.4 is 20.2 Å². The number of nitrogens with zero attached hydrogens (tertiary/aromatic N) is 2. The lowest BCUT2D eigenvalue weighted by atomic mass is 9.54. The molecule has 3 aliphatic heterocycles. The number of nitrogens with one attached hydrogen (secondary N) is 2. The molecule has 1 aromatic rings. The van der Waals surface area contributed by atoms with Gasteiger partial charge in [-0.3, -0.25) is 10.2 Å². The zero-order valence-electron chi connectivity index (χ0n) is 20.0. The summed E-state index contributed by atoms with van der Waals surface area (Å²) in [6.07, 6.45) is 10.3. The summed E-state index contributed by atoms with van der Waals surface area (Å²) in [4.78, 5) is 27.8. The Morgan fingerprint density at radius 2 is 2.03 bits per heavy atom. The molecule has 0 radical (unpaired) electrons. The highest BCUT2D eigenvalue weighted by Gasteiger charge is 2.62. The summed E-state index contributed by atoms with van der Waals surface area (Å²) in [6.45, 7) is 4.40. The molecule has 2 amide bonds. The van der Waals surface area contributed by atoms with Crippen molar-refractivity contribution in [1.82, 2.24) is 20.7 Å². The van der Waals surface area contributed by atoms with Gasteiger partial charge in [-0.1, -0.05) is 24.6 Å². The molecule has 34 heavy (non-hydrogen) atoms. The van der Waals surface area contributed by atoms with Gasteiger partial charge in [0, 0.05) is 42.4 Å². The van der Waals surface area contributed by atoms with Crippen LogP contribution in [0.25, 0.3) is 0 Å². The summed E-state index contributed by atoms with van der Waals surface area (Å²) < 4.78 is 12.3. The molecule has 2 unspecified atom stereocenters. The molecule has 2 fully saturated rings. The van der Waals surface area contributed by atoms with Crippen molar-refractivity contribution in [2.75, 3.05) is 26.7 Å². The lowest BCUT2D eigenvalue weighted by Crippen LogP contribution is -2.62. The largest absolute Gasteiger partial charge is 0.485 e. The molecule has 182 valence electrons. The zero-order valence-corrected chi connectivity index (χ0v) is 20.0. The first-order valence-electron chi connectivity index (χ1n) is 12.7. The minimum atomic E-state index is -0.703. The van der Waals surface area contributed by atoms with Crippen molar-refractivity contribution in [1.29, 1.82) is 0 Å². The molecule has 8 nitrogen and oxygen atoms in total. The summed E-state index contributed by atoms with van der Waals surface area (Å²) in [5.74, 6) is 1.35. The Morgan fingerprint density at radius 3 is 2.85 bits per heavy atom. The molecule has 2 bridgehead atoms. The normalized spacial score (nSPS) is 32.4. The van der Waals surface area contributed by atoms with Crippen LogP contribution in [0, 0.1) is 5.92 Å². The van der Waals surface area contributed by atoms with Crippen LogP contribution >= 0.6 is 0 Å². The van der Waals surface area contributed by atoms with Gasteiger partial charge >= 0.3 is 6.09 Å². The van der Waals surface area contributed by atoms with Crippen molar-refractivity contribution in [3.8, 4) is 11.5 Å². The van der Waals surface area contributed by atoms with E-state index in [9.17, 15) is 9.59 Å². The van der Waals surface area contributed by atoms with Gasteiger partial charge in [-0.25, -0.2) is 9.80 Å². The SMILES string of the molecule is C[C@H](NC(=O)Oc1ccc2c3c1O[C@H]1CC=CC4C(C2)N(C)CC[C@@]341)C(=O)NN1CCCCC1. The van der Waals surface area contributed by atoms with E-state index in [1.165, 1.54) is 17.5 Å². The van der Waals surface area contributed by atoms with Gasteiger partial charge in [-0.05, 0) is 57.8 Å². The summed E-state index contributed by atoms with van der Waals surface area (Å²) in [5, 5.41) is 4.61. The number of rotatable bonds is 4. The van der Waals surface area contributed by atoms with Crippen LogP contribution in [0.2, 0.25) is 0 Å². The monoisotopic (exact) mass is 466 g/mol. The minimum absolute atomic E-state index is 0.0354. The molecule has 1 aromatic carbocycles. The number of benzene rings is 1. The lowest BCUT2D eigenvalue weighted by molar-refractivity contribution is -0.127. The Balaban J connectivity index is 1.20. The third kappa shape index (κ3) is 3.33. The first-order chi connectivity index (χ1) is 16.5. The van der Waals surface area contributed by atoms with E-state index in [4.69, 9.17) is 9.47 Å². The van der Waals surface area contributed by atoms with Crippen molar-refractivity contribution < 1.29 is 19.1 Å². The quantitative estimate of drug-likeness (QED) is 0.664. The zero-order chi connectivity index (χ0) is 23.4. The molecule has 0 saturated carbocycles. The maximum atomic E-state index is 12.8. The number of ether oxygens (including phenoxy) is 2. The third-order valence-electron chi connectivity index (χ3n) is 8.64. The molecule has 6 rings (SSSR count).